The van der Waals surface area contributed by atoms with E-state index in [1.54, 1.807) is 42.5 Å². The summed E-state index contributed by atoms with van der Waals surface area (Å²) in [4.78, 5) is 55.5. The molecule has 6 rings (SSSR count). The van der Waals surface area contributed by atoms with Crippen molar-refractivity contribution in [3.8, 4) is 0 Å². The number of nitrogens with zero attached hydrogens (tertiary/aromatic N) is 1. The molecule has 2 aliphatic rings. The van der Waals surface area contributed by atoms with E-state index in [-0.39, 0.29) is 13.2 Å². The second-order valence-electron chi connectivity index (χ2n) is 13.5. The zero-order valence-electron chi connectivity index (χ0n) is 30.0. The second kappa shape index (κ2) is 18.7. The molecule has 0 unspecified atom stereocenters. The molecule has 4 N–H and O–H groups in total. The first kappa shape index (κ1) is 39.3. The Morgan fingerprint density at radius 3 is 1.98 bits per heavy atom. The smallest absolute Gasteiger partial charge is 0.338 e. The maximum absolute atomic E-state index is 14.3. The van der Waals surface area contributed by atoms with Gasteiger partial charge in [-0.1, -0.05) is 109 Å². The molecular weight excluding hydrogens is 708 g/mol. The third kappa shape index (κ3) is 10.2. The number of carbonyl (C=O) groups is 4. The summed E-state index contributed by atoms with van der Waals surface area (Å²) in [5.74, 6) is -3.11. The van der Waals surface area contributed by atoms with E-state index < -0.39 is 73.1 Å². The summed E-state index contributed by atoms with van der Waals surface area (Å²) >= 11 is 0. The van der Waals surface area contributed by atoms with Crippen molar-refractivity contribution in [1.29, 1.82) is 0 Å². The Labute approximate surface area is 318 Å². The van der Waals surface area contributed by atoms with Crippen LogP contribution in [0.3, 0.4) is 0 Å². The molecule has 0 spiro atoms. The number of ether oxygens (including phenoxy) is 4. The van der Waals surface area contributed by atoms with Crippen LogP contribution in [0.25, 0.3) is 0 Å². The van der Waals surface area contributed by atoms with Crippen LogP contribution >= 0.6 is 0 Å². The minimum Gasteiger partial charge on any atom is -0.460 e. The van der Waals surface area contributed by atoms with Gasteiger partial charge >= 0.3 is 17.9 Å². The number of aliphatic hydroxyl groups is 3. The Balaban J connectivity index is 1.15. The fourth-order valence-electron chi connectivity index (χ4n) is 6.58. The standard InChI is InChI=1S/C42H44N2O11/c45-34(54-42-37(48)35(46)36(47)38(55-42)41(51)53-26-29-16-8-3-9-17-29)24-44-33-19-11-10-18-30(33)21-23-31(39(44)49)43-32(22-20-27-12-4-1-5-13-27)40(50)52-25-28-14-6-2-7-15-28/h1-19,31-32,35-38,42-43,46-48H,20-26H2/t31-,32+,35-,36-,37-,38+,42+/m0/s1. The van der Waals surface area contributed by atoms with Gasteiger partial charge in [0.05, 0.1) is 6.04 Å². The Morgan fingerprint density at radius 1 is 0.745 bits per heavy atom. The number of amides is 1. The number of fused-ring (bicyclic) bond motifs is 1. The van der Waals surface area contributed by atoms with E-state index in [9.17, 15) is 34.5 Å². The predicted molar refractivity (Wildman–Crippen MR) is 198 cm³/mol. The van der Waals surface area contributed by atoms with Gasteiger partial charge in [-0.3, -0.25) is 24.6 Å². The molecule has 0 saturated carbocycles. The molecule has 0 bridgehead atoms. The molecule has 2 aliphatic heterocycles. The highest BCUT2D eigenvalue weighted by atomic mass is 16.7. The number of hydrogen-bond acceptors (Lipinski definition) is 12. The van der Waals surface area contributed by atoms with Crippen LogP contribution in [0.2, 0.25) is 0 Å². The molecule has 1 saturated heterocycles. The van der Waals surface area contributed by atoms with Gasteiger partial charge < -0.3 is 34.3 Å². The Morgan fingerprint density at radius 2 is 1.33 bits per heavy atom. The number of anilines is 1. The molecule has 1 amide bonds. The van der Waals surface area contributed by atoms with E-state index in [4.69, 9.17) is 18.9 Å². The van der Waals surface area contributed by atoms with Gasteiger partial charge in [-0.15, -0.1) is 0 Å². The van der Waals surface area contributed by atoms with Crippen LogP contribution in [0.5, 0.6) is 0 Å². The maximum Gasteiger partial charge on any atom is 0.338 e. The molecule has 4 aromatic rings. The fourth-order valence-corrected chi connectivity index (χ4v) is 6.58. The van der Waals surface area contributed by atoms with Crippen molar-refractivity contribution in [3.63, 3.8) is 0 Å². The van der Waals surface area contributed by atoms with Gasteiger partial charge in [-0.05, 0) is 54.0 Å². The van der Waals surface area contributed by atoms with Gasteiger partial charge in [-0.25, -0.2) is 4.79 Å². The van der Waals surface area contributed by atoms with Crippen LogP contribution in [0.15, 0.2) is 115 Å². The monoisotopic (exact) mass is 752 g/mol. The van der Waals surface area contributed by atoms with Crippen molar-refractivity contribution in [3.05, 3.63) is 138 Å². The molecule has 2 heterocycles. The molecule has 13 heteroatoms. The van der Waals surface area contributed by atoms with Crippen molar-refractivity contribution in [2.24, 2.45) is 0 Å². The lowest BCUT2D eigenvalue weighted by molar-refractivity contribution is -0.287. The molecule has 1 fully saturated rings. The van der Waals surface area contributed by atoms with Gasteiger partial charge in [0.15, 0.2) is 6.10 Å². The molecule has 0 aromatic heterocycles. The second-order valence-corrected chi connectivity index (χ2v) is 13.5. The predicted octanol–water partition coefficient (Wildman–Crippen LogP) is 2.76. The molecule has 0 aliphatic carbocycles. The molecule has 288 valence electrons. The fraction of sp³-hybridized carbons (Fsp3) is 0.333. The van der Waals surface area contributed by atoms with Gasteiger partial charge in [0.1, 0.15) is 44.1 Å². The van der Waals surface area contributed by atoms with Crippen molar-refractivity contribution in [2.45, 2.75) is 81.7 Å². The summed E-state index contributed by atoms with van der Waals surface area (Å²) in [6.07, 6.45) is -7.80. The van der Waals surface area contributed by atoms with E-state index in [0.29, 0.717) is 36.9 Å². The number of para-hydroxylation sites is 1. The lowest BCUT2D eigenvalue weighted by Crippen LogP contribution is -2.61. The van der Waals surface area contributed by atoms with E-state index >= 15 is 0 Å². The third-order valence-electron chi connectivity index (χ3n) is 9.58. The summed E-state index contributed by atoms with van der Waals surface area (Å²) < 4.78 is 21.9. The van der Waals surface area contributed by atoms with E-state index in [1.165, 1.54) is 4.90 Å². The number of nitrogens with one attached hydrogen (secondary N) is 1. The normalized spacial score (nSPS) is 22.8. The van der Waals surface area contributed by atoms with E-state index in [2.05, 4.69) is 5.32 Å². The number of benzene rings is 4. The minimum atomic E-state index is -1.93. The van der Waals surface area contributed by atoms with Gasteiger partial charge in [0.25, 0.3) is 0 Å². The molecule has 7 atom stereocenters. The minimum absolute atomic E-state index is 0.0532. The highest BCUT2D eigenvalue weighted by molar-refractivity contribution is 6.02. The topological polar surface area (TPSA) is 181 Å². The number of aryl methyl sites for hydroxylation is 2. The van der Waals surface area contributed by atoms with E-state index in [0.717, 1.165) is 16.7 Å². The first-order chi connectivity index (χ1) is 26.7. The third-order valence-corrected chi connectivity index (χ3v) is 9.58. The molecule has 0 radical (unpaired) electrons. The highest BCUT2D eigenvalue weighted by Crippen LogP contribution is 2.29. The number of carbonyl (C=O) groups excluding carboxylic acids is 4. The highest BCUT2D eigenvalue weighted by Gasteiger charge is 2.49. The first-order valence-corrected chi connectivity index (χ1v) is 18.2. The molecule has 55 heavy (non-hydrogen) atoms. The number of esters is 3. The summed E-state index contributed by atoms with van der Waals surface area (Å²) in [6, 6.07) is 32.9. The number of aliphatic hydroxyl groups excluding tert-OH is 3. The maximum atomic E-state index is 14.3. The van der Waals surface area contributed by atoms with Crippen molar-refractivity contribution in [2.75, 3.05) is 11.4 Å². The summed E-state index contributed by atoms with van der Waals surface area (Å²) in [7, 11) is 0. The van der Waals surface area contributed by atoms with Gasteiger partial charge in [0.2, 0.25) is 12.2 Å². The van der Waals surface area contributed by atoms with Crippen LogP contribution in [0, 0.1) is 0 Å². The van der Waals surface area contributed by atoms with Gasteiger partial charge in [0, 0.05) is 5.69 Å². The average Bonchev–Trinajstić information content (AvgIpc) is 3.34. The Kier molecular flexibility index (Phi) is 13.4. The quantitative estimate of drug-likeness (QED) is 0.109. The van der Waals surface area contributed by atoms with E-state index in [1.807, 2.05) is 72.8 Å². The van der Waals surface area contributed by atoms with Crippen LogP contribution in [-0.4, -0.2) is 88.5 Å². The number of rotatable bonds is 14. The SMILES string of the molecule is O=C(CN1C(=O)[C@@H](N[C@H](CCc2ccccc2)C(=O)OCc2ccccc2)CCc2ccccc21)O[C@@H]1O[C@@H](C(=O)OCc2ccccc2)[C@@H](O)[C@H](O)[C@@H]1O. The molecule has 13 nitrogen and oxygen atoms in total. The summed E-state index contributed by atoms with van der Waals surface area (Å²) in [5.41, 5.74) is 3.70. The lowest BCUT2D eigenvalue weighted by atomic mass is 9.99. The zero-order chi connectivity index (χ0) is 38.7. The van der Waals surface area contributed by atoms with Crippen molar-refractivity contribution in [1.82, 2.24) is 5.32 Å². The Hall–Kier alpha value is -5.44. The van der Waals surface area contributed by atoms with Crippen LogP contribution in [0.4, 0.5) is 5.69 Å². The molecule has 4 aromatic carbocycles. The summed E-state index contributed by atoms with van der Waals surface area (Å²) in [6.45, 7) is -0.744. The van der Waals surface area contributed by atoms with Crippen LogP contribution in [-0.2, 0) is 64.2 Å². The largest absolute Gasteiger partial charge is 0.460 e. The average molecular weight is 753 g/mol. The summed E-state index contributed by atoms with van der Waals surface area (Å²) in [5, 5.41) is 35.0. The Bertz CT molecular complexity index is 1900. The van der Waals surface area contributed by atoms with Crippen molar-refractivity contribution < 1.29 is 53.4 Å². The van der Waals surface area contributed by atoms with Crippen molar-refractivity contribution >= 4 is 29.5 Å². The lowest BCUT2D eigenvalue weighted by Gasteiger charge is -2.38. The van der Waals surface area contributed by atoms with Gasteiger partial charge in [-0.2, -0.15) is 0 Å². The zero-order valence-corrected chi connectivity index (χ0v) is 30.0. The van der Waals surface area contributed by atoms with Crippen LogP contribution < -0.4 is 10.2 Å². The number of hydrogen-bond donors (Lipinski definition) is 4. The first-order valence-electron chi connectivity index (χ1n) is 18.2. The molecular formula is C42H44N2O11. The van der Waals surface area contributed by atoms with Crippen LogP contribution in [0.1, 0.15) is 35.1 Å².